The predicted molar refractivity (Wildman–Crippen MR) is 60.2 cm³/mol. The van der Waals surface area contributed by atoms with E-state index in [1.807, 2.05) is 18.2 Å². The van der Waals surface area contributed by atoms with Crippen LogP contribution in [-0.4, -0.2) is 32.9 Å². The Bertz CT molecular complexity index is 440. The fourth-order valence-corrected chi connectivity index (χ4v) is 1.80. The first-order valence-electron chi connectivity index (χ1n) is 5.02. The van der Waals surface area contributed by atoms with Crippen LogP contribution in [0, 0.1) is 0 Å². The zero-order valence-corrected chi connectivity index (χ0v) is 9.27. The molecule has 1 atom stereocenters. The molecule has 1 aromatic carbocycles. The lowest BCUT2D eigenvalue weighted by molar-refractivity contribution is -0.142. The van der Waals surface area contributed by atoms with Crippen molar-refractivity contribution in [2.45, 2.75) is 5.92 Å². The molecule has 4 heteroatoms. The van der Waals surface area contributed by atoms with E-state index in [9.17, 15) is 4.79 Å². The van der Waals surface area contributed by atoms with Crippen LogP contribution in [-0.2, 0) is 9.53 Å². The summed E-state index contributed by atoms with van der Waals surface area (Å²) in [5.41, 5.74) is 1.86. The van der Waals surface area contributed by atoms with Gasteiger partial charge in [0.15, 0.2) is 0 Å². The molecule has 1 aromatic rings. The Hall–Kier alpha value is -1.84. The van der Waals surface area contributed by atoms with Gasteiger partial charge in [-0.15, -0.1) is 0 Å². The highest BCUT2D eigenvalue weighted by Gasteiger charge is 2.26. The number of carbonyl (C=O) groups excluding carboxylic acids is 1. The summed E-state index contributed by atoms with van der Waals surface area (Å²) in [6.07, 6.45) is 1.77. The third-order valence-corrected chi connectivity index (χ3v) is 2.67. The monoisotopic (exact) mass is 219 g/mol. The molecule has 84 valence electrons. The number of rotatable bonds is 2. The molecular weight excluding hydrogens is 206 g/mol. The van der Waals surface area contributed by atoms with Crippen LogP contribution in [0.25, 0.3) is 0 Å². The van der Waals surface area contributed by atoms with Crippen molar-refractivity contribution < 1.29 is 14.3 Å². The van der Waals surface area contributed by atoms with Crippen molar-refractivity contribution in [1.29, 1.82) is 0 Å². The molecule has 1 aliphatic heterocycles. The summed E-state index contributed by atoms with van der Waals surface area (Å²) in [6, 6.07) is 5.61. The first-order valence-corrected chi connectivity index (χ1v) is 5.02. The molecule has 1 aliphatic rings. The van der Waals surface area contributed by atoms with Crippen LogP contribution in [0.2, 0.25) is 0 Å². The van der Waals surface area contributed by atoms with E-state index in [0.29, 0.717) is 6.54 Å². The topological polar surface area (TPSA) is 47.9 Å². The van der Waals surface area contributed by atoms with Crippen LogP contribution in [0.5, 0.6) is 5.75 Å². The van der Waals surface area contributed by atoms with Crippen LogP contribution in [0.15, 0.2) is 23.2 Å². The van der Waals surface area contributed by atoms with Crippen LogP contribution in [0.1, 0.15) is 17.0 Å². The maximum atomic E-state index is 11.6. The molecule has 0 aromatic heterocycles. The van der Waals surface area contributed by atoms with E-state index in [1.54, 1.807) is 13.3 Å². The van der Waals surface area contributed by atoms with Gasteiger partial charge in [-0.3, -0.25) is 9.79 Å². The number of ether oxygens (including phenoxy) is 2. The summed E-state index contributed by atoms with van der Waals surface area (Å²) in [6.45, 7) is 0.437. The van der Waals surface area contributed by atoms with E-state index < -0.39 is 0 Å². The minimum Gasteiger partial charge on any atom is -0.497 e. The Morgan fingerprint density at radius 2 is 2.25 bits per heavy atom. The second-order valence-corrected chi connectivity index (χ2v) is 3.56. The second kappa shape index (κ2) is 4.35. The highest BCUT2D eigenvalue weighted by Crippen LogP contribution is 2.28. The molecule has 0 N–H and O–H groups in total. The Balaban J connectivity index is 2.43. The zero-order valence-electron chi connectivity index (χ0n) is 9.27. The molecule has 1 heterocycles. The number of esters is 1. The molecule has 0 fully saturated rings. The largest absolute Gasteiger partial charge is 0.497 e. The standard InChI is InChI=1S/C12H13NO3/c1-15-9-4-3-8-6-13-7-11(10(8)5-9)12(14)16-2/h3-6,11H,7H2,1-2H3. The van der Waals surface area contributed by atoms with E-state index in [1.165, 1.54) is 7.11 Å². The number of nitrogens with zero attached hydrogens (tertiary/aromatic N) is 1. The molecule has 0 saturated carbocycles. The van der Waals surface area contributed by atoms with E-state index in [4.69, 9.17) is 9.47 Å². The predicted octanol–water partition coefficient (Wildman–Crippen LogP) is 1.38. The Morgan fingerprint density at radius 1 is 1.44 bits per heavy atom. The van der Waals surface area contributed by atoms with Crippen LogP contribution in [0.4, 0.5) is 0 Å². The quantitative estimate of drug-likeness (QED) is 0.706. The lowest BCUT2D eigenvalue weighted by Crippen LogP contribution is -2.21. The van der Waals surface area contributed by atoms with Crippen LogP contribution < -0.4 is 4.74 Å². The van der Waals surface area contributed by atoms with Gasteiger partial charge >= 0.3 is 5.97 Å². The van der Waals surface area contributed by atoms with E-state index in [2.05, 4.69) is 4.99 Å². The molecule has 4 nitrogen and oxygen atoms in total. The SMILES string of the molecule is COC(=O)C1CN=Cc2ccc(OC)cc21. The van der Waals surface area contributed by atoms with Gasteiger partial charge in [0.2, 0.25) is 0 Å². The molecule has 16 heavy (non-hydrogen) atoms. The van der Waals surface area contributed by atoms with Gasteiger partial charge in [-0.05, 0) is 29.3 Å². The van der Waals surface area contributed by atoms with Crippen molar-refractivity contribution in [3.63, 3.8) is 0 Å². The van der Waals surface area contributed by atoms with Crippen molar-refractivity contribution in [1.82, 2.24) is 0 Å². The summed E-state index contributed by atoms with van der Waals surface area (Å²) < 4.78 is 9.91. The lowest BCUT2D eigenvalue weighted by Gasteiger charge is -2.19. The highest BCUT2D eigenvalue weighted by molar-refractivity contribution is 5.89. The maximum Gasteiger partial charge on any atom is 0.315 e. The van der Waals surface area contributed by atoms with Gasteiger partial charge in [0.05, 0.1) is 20.8 Å². The first-order chi connectivity index (χ1) is 7.76. The van der Waals surface area contributed by atoms with Crippen molar-refractivity contribution in [2.75, 3.05) is 20.8 Å². The molecule has 0 aliphatic carbocycles. The van der Waals surface area contributed by atoms with E-state index in [0.717, 1.165) is 16.9 Å². The second-order valence-electron chi connectivity index (χ2n) is 3.56. The molecule has 1 unspecified atom stereocenters. The summed E-state index contributed by atoms with van der Waals surface area (Å²) in [7, 11) is 2.99. The summed E-state index contributed by atoms with van der Waals surface area (Å²) >= 11 is 0. The summed E-state index contributed by atoms with van der Waals surface area (Å²) in [5, 5.41) is 0. The zero-order chi connectivity index (χ0) is 11.5. The van der Waals surface area contributed by atoms with Gasteiger partial charge < -0.3 is 9.47 Å². The van der Waals surface area contributed by atoms with Crippen molar-refractivity contribution in [3.8, 4) is 5.75 Å². The molecule has 0 spiro atoms. The Labute approximate surface area is 93.9 Å². The number of hydrogen-bond acceptors (Lipinski definition) is 4. The maximum absolute atomic E-state index is 11.6. The van der Waals surface area contributed by atoms with Gasteiger partial charge in [0.1, 0.15) is 11.7 Å². The van der Waals surface area contributed by atoms with Gasteiger partial charge in [0.25, 0.3) is 0 Å². The number of benzene rings is 1. The van der Waals surface area contributed by atoms with Gasteiger partial charge in [0, 0.05) is 6.21 Å². The molecule has 0 radical (unpaired) electrons. The van der Waals surface area contributed by atoms with Crippen LogP contribution >= 0.6 is 0 Å². The Kier molecular flexibility index (Phi) is 2.90. The summed E-state index contributed by atoms with van der Waals surface area (Å²) in [4.78, 5) is 15.8. The van der Waals surface area contributed by atoms with E-state index >= 15 is 0 Å². The van der Waals surface area contributed by atoms with Gasteiger partial charge in [-0.2, -0.15) is 0 Å². The number of aliphatic imine (C=N–C) groups is 1. The molecule has 0 bridgehead atoms. The van der Waals surface area contributed by atoms with Gasteiger partial charge in [-0.1, -0.05) is 0 Å². The summed E-state index contributed by atoms with van der Waals surface area (Å²) in [5.74, 6) is 0.161. The normalized spacial score (nSPS) is 17.8. The minimum atomic E-state index is -0.319. The first kappa shape index (κ1) is 10.7. The van der Waals surface area contributed by atoms with Crippen molar-refractivity contribution in [3.05, 3.63) is 29.3 Å². The van der Waals surface area contributed by atoms with Crippen molar-refractivity contribution in [2.24, 2.45) is 4.99 Å². The minimum absolute atomic E-state index is 0.258. The average Bonchev–Trinajstić information content (AvgIpc) is 2.36. The van der Waals surface area contributed by atoms with Gasteiger partial charge in [-0.25, -0.2) is 0 Å². The number of hydrogen-bond donors (Lipinski definition) is 0. The Morgan fingerprint density at radius 3 is 2.94 bits per heavy atom. The molecule has 2 rings (SSSR count). The molecule has 0 amide bonds. The number of methoxy groups -OCH3 is 2. The smallest absolute Gasteiger partial charge is 0.315 e. The third-order valence-electron chi connectivity index (χ3n) is 2.67. The molecule has 0 saturated heterocycles. The number of carbonyl (C=O) groups is 1. The average molecular weight is 219 g/mol. The van der Waals surface area contributed by atoms with Crippen LogP contribution in [0.3, 0.4) is 0 Å². The highest BCUT2D eigenvalue weighted by atomic mass is 16.5. The fraction of sp³-hybridized carbons (Fsp3) is 0.333. The third kappa shape index (κ3) is 1.78. The lowest BCUT2D eigenvalue weighted by atomic mass is 9.92. The fourth-order valence-electron chi connectivity index (χ4n) is 1.80. The number of fused-ring (bicyclic) bond motifs is 1. The molecular formula is C12H13NO3. The van der Waals surface area contributed by atoms with E-state index in [-0.39, 0.29) is 11.9 Å². The van der Waals surface area contributed by atoms with Crippen molar-refractivity contribution >= 4 is 12.2 Å².